The molecule has 4 rings (SSSR count). The molecule has 0 spiro atoms. The van der Waals surface area contributed by atoms with E-state index in [1.807, 2.05) is 43.3 Å². The summed E-state index contributed by atoms with van der Waals surface area (Å²) in [5.41, 5.74) is 5.64. The van der Waals surface area contributed by atoms with Crippen molar-refractivity contribution in [1.29, 1.82) is 0 Å². The number of aliphatic hydroxyl groups is 1. The number of nitrogens with one attached hydrogen (secondary N) is 3. The maximum absolute atomic E-state index is 12.4. The summed E-state index contributed by atoms with van der Waals surface area (Å²) in [6, 6.07) is 19.0. The Balaban J connectivity index is 1.36. The van der Waals surface area contributed by atoms with Crippen LogP contribution in [0.25, 0.3) is 0 Å². The number of urea groups is 1. The molecule has 0 unspecified atom stereocenters. The van der Waals surface area contributed by atoms with Crippen LogP contribution in [-0.2, 0) is 16.1 Å². The normalized spacial score (nSPS) is 15.2. The smallest absolute Gasteiger partial charge is 0.337 e. The third-order valence-electron chi connectivity index (χ3n) is 6.53. The highest BCUT2D eigenvalue weighted by Crippen LogP contribution is 2.35. The molecule has 3 aromatic rings. The minimum Gasteiger partial charge on any atom is -0.493 e. The molecule has 0 saturated heterocycles. The Morgan fingerprint density at radius 2 is 1.75 bits per heavy atom. The van der Waals surface area contributed by atoms with Crippen LogP contribution in [0.4, 0.5) is 4.79 Å². The van der Waals surface area contributed by atoms with Crippen molar-refractivity contribution in [3.63, 3.8) is 0 Å². The van der Waals surface area contributed by atoms with Gasteiger partial charge in [-0.15, -0.1) is 0 Å². The van der Waals surface area contributed by atoms with Gasteiger partial charge in [0.25, 0.3) is 0 Å². The molecule has 12 heteroatoms. The van der Waals surface area contributed by atoms with Gasteiger partial charge in [0.05, 0.1) is 38.7 Å². The Labute approximate surface area is 255 Å². The van der Waals surface area contributed by atoms with E-state index >= 15 is 0 Å². The molecule has 1 aliphatic rings. The lowest BCUT2D eigenvalue weighted by atomic mass is 9.95. The summed E-state index contributed by atoms with van der Waals surface area (Å²) in [5, 5.41) is 19.9. The summed E-state index contributed by atoms with van der Waals surface area (Å²) in [6.07, 6.45) is 0.394. The van der Waals surface area contributed by atoms with Crippen molar-refractivity contribution in [3.05, 3.63) is 94.7 Å². The number of hydrogen-bond donors (Lipinski definition) is 4. The summed E-state index contributed by atoms with van der Waals surface area (Å²) in [4.78, 5) is 24.6. The largest absolute Gasteiger partial charge is 0.493 e. The SMILES string of the molecule is CCOc1cc([C@@H]2NC(=O)NC(C)=C2C(=O)OC)ccc1OC[C@@H](O)N/N=C\c1ccc(OCc2ccccc2)c(OC)c1. The quantitative estimate of drug-likeness (QED) is 0.0933. The summed E-state index contributed by atoms with van der Waals surface area (Å²) in [6.45, 7) is 4.04. The standard InChI is InChI=1S/C32H36N4O8/c1-5-42-27-16-23(30-29(31(38)41-4)20(2)34-32(39)35-30)12-14-25(27)44-19-28(37)36-33-17-22-11-13-24(26(15-22)40-3)43-18-21-9-7-6-8-10-21/h6-17,28,30,36-37H,5,18-19H2,1-4H3,(H2,34,35,39)/b33-17-/t28-,30+/m1/s1. The molecule has 1 heterocycles. The summed E-state index contributed by atoms with van der Waals surface area (Å²) >= 11 is 0. The number of hydrogen-bond acceptors (Lipinski definition) is 10. The highest BCUT2D eigenvalue weighted by atomic mass is 16.5. The van der Waals surface area contributed by atoms with Gasteiger partial charge in [-0.25, -0.2) is 9.59 Å². The van der Waals surface area contributed by atoms with Crippen molar-refractivity contribution in [2.75, 3.05) is 27.4 Å². The van der Waals surface area contributed by atoms with Gasteiger partial charge >= 0.3 is 12.0 Å². The van der Waals surface area contributed by atoms with E-state index in [0.29, 0.717) is 47.5 Å². The van der Waals surface area contributed by atoms with Crippen LogP contribution in [0.3, 0.4) is 0 Å². The Bertz CT molecular complexity index is 1510. The van der Waals surface area contributed by atoms with E-state index in [0.717, 1.165) is 11.1 Å². The fourth-order valence-corrected chi connectivity index (χ4v) is 4.44. The van der Waals surface area contributed by atoms with Crippen molar-refractivity contribution in [2.45, 2.75) is 32.7 Å². The predicted molar refractivity (Wildman–Crippen MR) is 163 cm³/mol. The lowest BCUT2D eigenvalue weighted by Gasteiger charge is -2.28. The zero-order valence-electron chi connectivity index (χ0n) is 25.0. The number of benzene rings is 3. The molecule has 0 aromatic heterocycles. The van der Waals surface area contributed by atoms with Crippen LogP contribution in [0.2, 0.25) is 0 Å². The topological polar surface area (TPSA) is 149 Å². The van der Waals surface area contributed by atoms with Crippen LogP contribution in [-0.4, -0.2) is 57.0 Å². The molecule has 0 saturated carbocycles. The summed E-state index contributed by atoms with van der Waals surface area (Å²) < 4.78 is 27.8. The van der Waals surface area contributed by atoms with Gasteiger partial charge in [0, 0.05) is 5.70 Å². The zero-order chi connectivity index (χ0) is 31.5. The molecule has 0 bridgehead atoms. The number of nitrogens with zero attached hydrogens (tertiary/aromatic N) is 1. The van der Waals surface area contributed by atoms with Crippen LogP contribution in [0.1, 0.15) is 36.6 Å². The predicted octanol–water partition coefficient (Wildman–Crippen LogP) is 3.79. The highest BCUT2D eigenvalue weighted by molar-refractivity contribution is 5.95. The number of esters is 1. The fourth-order valence-electron chi connectivity index (χ4n) is 4.44. The first-order valence-corrected chi connectivity index (χ1v) is 13.9. The van der Waals surface area contributed by atoms with E-state index in [4.69, 9.17) is 23.7 Å². The zero-order valence-corrected chi connectivity index (χ0v) is 25.0. The van der Waals surface area contributed by atoms with E-state index in [9.17, 15) is 14.7 Å². The number of allylic oxidation sites excluding steroid dienone is 1. The van der Waals surface area contributed by atoms with Gasteiger partial charge in [0.1, 0.15) is 13.2 Å². The molecular weight excluding hydrogens is 568 g/mol. The Hall–Kier alpha value is -5.23. The number of methoxy groups -OCH3 is 2. The molecular formula is C32H36N4O8. The summed E-state index contributed by atoms with van der Waals surface area (Å²) in [5.74, 6) is 1.31. The Morgan fingerprint density at radius 1 is 1.00 bits per heavy atom. The molecule has 44 heavy (non-hydrogen) atoms. The molecule has 232 valence electrons. The van der Waals surface area contributed by atoms with Crippen LogP contribution in [0.5, 0.6) is 23.0 Å². The number of hydrazone groups is 1. The number of carbonyl (C=O) groups excluding carboxylic acids is 2. The van der Waals surface area contributed by atoms with Gasteiger partial charge in [0.2, 0.25) is 0 Å². The molecule has 0 aliphatic carbocycles. The maximum atomic E-state index is 12.4. The average molecular weight is 605 g/mol. The number of rotatable bonds is 14. The number of amides is 2. The lowest BCUT2D eigenvalue weighted by molar-refractivity contribution is -0.136. The Kier molecular flexibility index (Phi) is 11.0. The fraction of sp³-hybridized carbons (Fsp3) is 0.281. The minimum absolute atomic E-state index is 0.150. The van der Waals surface area contributed by atoms with Crippen molar-refractivity contribution >= 4 is 18.2 Å². The third kappa shape index (κ3) is 8.19. The van der Waals surface area contributed by atoms with Crippen molar-refractivity contribution < 1.29 is 38.4 Å². The molecule has 4 N–H and O–H groups in total. The lowest BCUT2D eigenvalue weighted by Crippen LogP contribution is -2.45. The van der Waals surface area contributed by atoms with Crippen molar-refractivity contribution in [1.82, 2.24) is 16.1 Å². The third-order valence-corrected chi connectivity index (χ3v) is 6.53. The van der Waals surface area contributed by atoms with Gasteiger partial charge in [-0.2, -0.15) is 5.10 Å². The molecule has 1 aliphatic heterocycles. The monoisotopic (exact) mass is 604 g/mol. The summed E-state index contributed by atoms with van der Waals surface area (Å²) in [7, 11) is 2.84. The van der Waals surface area contributed by atoms with Crippen LogP contribution >= 0.6 is 0 Å². The first kappa shape index (κ1) is 31.7. The number of aliphatic hydroxyl groups excluding tert-OH is 1. The molecule has 12 nitrogen and oxygen atoms in total. The van der Waals surface area contributed by atoms with Crippen LogP contribution in [0, 0.1) is 0 Å². The molecule has 2 amide bonds. The van der Waals surface area contributed by atoms with Crippen molar-refractivity contribution in [3.8, 4) is 23.0 Å². The van der Waals surface area contributed by atoms with Gasteiger partial charge in [-0.1, -0.05) is 36.4 Å². The van der Waals surface area contributed by atoms with E-state index in [-0.39, 0.29) is 12.2 Å². The van der Waals surface area contributed by atoms with E-state index in [2.05, 4.69) is 21.2 Å². The molecule has 0 radical (unpaired) electrons. The van der Waals surface area contributed by atoms with Gasteiger partial charge in [-0.05, 0) is 60.9 Å². The minimum atomic E-state index is -1.14. The van der Waals surface area contributed by atoms with Gasteiger partial charge in [0.15, 0.2) is 29.2 Å². The second kappa shape index (κ2) is 15.3. The highest BCUT2D eigenvalue weighted by Gasteiger charge is 2.32. The Morgan fingerprint density at radius 3 is 2.48 bits per heavy atom. The van der Waals surface area contributed by atoms with Crippen molar-refractivity contribution in [2.24, 2.45) is 5.10 Å². The molecule has 0 fully saturated rings. The second-order valence-electron chi connectivity index (χ2n) is 9.60. The van der Waals surface area contributed by atoms with Gasteiger partial charge in [-0.3, -0.25) is 5.43 Å². The molecule has 2 atom stereocenters. The average Bonchev–Trinajstić information content (AvgIpc) is 3.03. The van der Waals surface area contributed by atoms with Crippen LogP contribution < -0.4 is 35.0 Å². The number of carbonyl (C=O) groups is 2. The van der Waals surface area contributed by atoms with E-state index < -0.39 is 24.3 Å². The maximum Gasteiger partial charge on any atom is 0.337 e. The second-order valence-corrected chi connectivity index (χ2v) is 9.60. The first-order chi connectivity index (χ1) is 21.3. The van der Waals surface area contributed by atoms with Gasteiger partial charge < -0.3 is 39.4 Å². The van der Waals surface area contributed by atoms with E-state index in [1.54, 1.807) is 44.4 Å². The van der Waals surface area contributed by atoms with E-state index in [1.165, 1.54) is 13.3 Å². The van der Waals surface area contributed by atoms with Crippen LogP contribution in [0.15, 0.2) is 83.1 Å². The first-order valence-electron chi connectivity index (χ1n) is 13.9. The molecule has 3 aromatic carbocycles. The number of ether oxygens (including phenoxy) is 5.